The normalized spacial score (nSPS) is 11.8. The zero-order valence-electron chi connectivity index (χ0n) is 20.8. The maximum absolute atomic E-state index is 13.2. The number of ether oxygens (including phenoxy) is 4. The van der Waals surface area contributed by atoms with Crippen LogP contribution in [-0.4, -0.2) is 87.0 Å². The first-order valence-electron chi connectivity index (χ1n) is 11.4. The van der Waals surface area contributed by atoms with Gasteiger partial charge in [-0.3, -0.25) is 19.5 Å². The van der Waals surface area contributed by atoms with Gasteiger partial charge in [0.15, 0.2) is 0 Å². The molecule has 204 valence electrons. The number of carboxylic acid groups (broad SMARTS) is 1. The number of guanidine groups is 1. The topological polar surface area (TPSA) is 183 Å². The number of likely N-dealkylation sites (N-methyl/N-ethyl adjacent to an activating group) is 1. The van der Waals surface area contributed by atoms with Crippen LogP contribution < -0.4 is 5.09 Å². The van der Waals surface area contributed by atoms with Crippen LogP contribution >= 0.6 is 7.75 Å². The van der Waals surface area contributed by atoms with Crippen LogP contribution in [0.5, 0.6) is 0 Å². The van der Waals surface area contributed by atoms with Crippen LogP contribution in [-0.2, 0) is 37.4 Å². The highest BCUT2D eigenvalue weighted by Crippen LogP contribution is 2.44. The lowest BCUT2D eigenvalue weighted by atomic mass is 10.1. The Morgan fingerprint density at radius 2 is 1.37 bits per heavy atom. The third kappa shape index (κ3) is 15.1. The molecule has 0 aliphatic carbocycles. The van der Waals surface area contributed by atoms with Gasteiger partial charge in [0.1, 0.15) is 6.04 Å². The van der Waals surface area contributed by atoms with Crippen molar-refractivity contribution in [3.05, 3.63) is 0 Å². The Morgan fingerprint density at radius 1 is 0.886 bits per heavy atom. The molecule has 0 saturated carbocycles. The van der Waals surface area contributed by atoms with Crippen molar-refractivity contribution < 1.29 is 52.1 Å². The number of hydrogen-bond donors (Lipinski definition) is 3. The molecular weight excluding hydrogens is 489 g/mol. The van der Waals surface area contributed by atoms with E-state index >= 15 is 0 Å². The maximum atomic E-state index is 13.2. The minimum atomic E-state index is -4.13. The summed E-state index contributed by atoms with van der Waals surface area (Å²) < 4.78 is 42.7. The zero-order chi connectivity index (χ0) is 26.7. The van der Waals surface area contributed by atoms with Crippen molar-refractivity contribution in [3.63, 3.8) is 0 Å². The molecule has 1 atom stereocenters. The molecule has 0 spiro atoms. The van der Waals surface area contributed by atoms with Gasteiger partial charge in [-0.1, -0.05) is 19.8 Å². The average Bonchev–Trinajstić information content (AvgIpc) is 2.78. The Kier molecular flexibility index (Phi) is 17.3. The minimum Gasteiger partial charge on any atom is -0.480 e. The highest BCUT2D eigenvalue weighted by molar-refractivity contribution is 7.52. The molecule has 15 heteroatoms. The molecule has 0 aromatic heterocycles. The molecule has 0 aromatic carbocycles. The largest absolute Gasteiger partial charge is 0.508 e. The Balaban J connectivity index is 4.99. The second-order valence-corrected chi connectivity index (χ2v) is 8.74. The predicted octanol–water partition coefficient (Wildman–Crippen LogP) is 3.35. The molecule has 0 radical (unpaired) electrons. The zero-order valence-corrected chi connectivity index (χ0v) is 21.7. The number of aliphatic carboxylic acids is 1. The van der Waals surface area contributed by atoms with Gasteiger partial charge < -0.3 is 29.0 Å². The fourth-order valence-corrected chi connectivity index (χ4v) is 3.82. The van der Waals surface area contributed by atoms with Crippen molar-refractivity contribution in [1.82, 2.24) is 9.99 Å². The van der Waals surface area contributed by atoms with Crippen molar-refractivity contribution in [3.8, 4) is 0 Å². The van der Waals surface area contributed by atoms with Crippen LogP contribution in [0.2, 0.25) is 0 Å². The van der Waals surface area contributed by atoms with Crippen LogP contribution in [0.3, 0.4) is 0 Å². The van der Waals surface area contributed by atoms with E-state index in [9.17, 15) is 24.1 Å². The van der Waals surface area contributed by atoms with Crippen molar-refractivity contribution in [2.75, 3.05) is 46.7 Å². The highest BCUT2D eigenvalue weighted by atomic mass is 31.2. The molecule has 0 aromatic rings. The SMILES string of the molecule is CCCCC(C(=O)O)N(C)C(=N)NP(=O)(OCCCOC(=O)OCC)OCCCOC(=O)OCC. The lowest BCUT2D eigenvalue weighted by Crippen LogP contribution is -2.47. The summed E-state index contributed by atoms with van der Waals surface area (Å²) in [7, 11) is -2.75. The van der Waals surface area contributed by atoms with Crippen LogP contribution in [0.1, 0.15) is 52.9 Å². The summed E-state index contributed by atoms with van der Waals surface area (Å²) in [6, 6.07) is -1.01. The average molecular weight is 528 g/mol. The first kappa shape index (κ1) is 32.4. The van der Waals surface area contributed by atoms with Gasteiger partial charge in [-0.25, -0.2) is 18.9 Å². The van der Waals surface area contributed by atoms with Gasteiger partial charge in [0, 0.05) is 19.9 Å². The second kappa shape index (κ2) is 18.7. The lowest BCUT2D eigenvalue weighted by Gasteiger charge is -2.29. The summed E-state index contributed by atoms with van der Waals surface area (Å²) in [5, 5.41) is 20.0. The quantitative estimate of drug-likeness (QED) is 0.0776. The van der Waals surface area contributed by atoms with Crippen LogP contribution in [0, 0.1) is 5.41 Å². The molecule has 1 unspecified atom stereocenters. The van der Waals surface area contributed by atoms with Gasteiger partial charge in [0.2, 0.25) is 5.96 Å². The van der Waals surface area contributed by atoms with Crippen molar-refractivity contribution in [2.45, 2.75) is 58.9 Å². The van der Waals surface area contributed by atoms with Crippen LogP contribution in [0.25, 0.3) is 0 Å². The molecule has 0 heterocycles. The molecule has 0 aliphatic rings. The first-order valence-corrected chi connectivity index (χ1v) is 12.9. The third-order valence-corrected chi connectivity index (χ3v) is 5.77. The molecule has 35 heavy (non-hydrogen) atoms. The van der Waals surface area contributed by atoms with E-state index in [-0.39, 0.29) is 58.9 Å². The summed E-state index contributed by atoms with van der Waals surface area (Å²) in [5.41, 5.74) is 0. The maximum Gasteiger partial charge on any atom is 0.508 e. The fraction of sp³-hybridized carbons (Fsp3) is 0.800. The first-order chi connectivity index (χ1) is 16.6. The summed E-state index contributed by atoms with van der Waals surface area (Å²) in [6.07, 6.45) is 0.289. The van der Waals surface area contributed by atoms with Crippen LogP contribution in [0.15, 0.2) is 0 Å². The Morgan fingerprint density at radius 3 is 1.77 bits per heavy atom. The van der Waals surface area contributed by atoms with E-state index in [0.29, 0.717) is 6.42 Å². The predicted molar refractivity (Wildman–Crippen MR) is 124 cm³/mol. The monoisotopic (exact) mass is 527 g/mol. The molecule has 14 nitrogen and oxygen atoms in total. The summed E-state index contributed by atoms with van der Waals surface area (Å²) in [5.74, 6) is -1.60. The fourth-order valence-electron chi connectivity index (χ4n) is 2.46. The molecule has 0 saturated heterocycles. The lowest BCUT2D eigenvalue weighted by molar-refractivity contribution is -0.141. The number of carboxylic acids is 1. The van der Waals surface area contributed by atoms with Crippen molar-refractivity contribution >= 4 is 32.0 Å². The number of unbranched alkanes of at least 4 members (excludes halogenated alkanes) is 1. The molecule has 0 rings (SSSR count). The van der Waals surface area contributed by atoms with Gasteiger partial charge in [-0.05, 0) is 20.3 Å². The van der Waals surface area contributed by atoms with E-state index < -0.39 is 38.0 Å². The highest BCUT2D eigenvalue weighted by Gasteiger charge is 2.31. The number of rotatable bonds is 18. The number of nitrogens with one attached hydrogen (secondary N) is 2. The third-order valence-electron chi connectivity index (χ3n) is 4.24. The number of hydrogen-bond acceptors (Lipinski definition) is 11. The summed E-state index contributed by atoms with van der Waals surface area (Å²) in [6.45, 7) is 5.02. The molecule has 3 N–H and O–H groups in total. The summed E-state index contributed by atoms with van der Waals surface area (Å²) >= 11 is 0. The summed E-state index contributed by atoms with van der Waals surface area (Å²) in [4.78, 5) is 35.1. The molecular formula is C20H38N3O11P. The van der Waals surface area contributed by atoms with E-state index in [1.807, 2.05) is 6.92 Å². The Bertz CT molecular complexity index is 676. The van der Waals surface area contributed by atoms with E-state index in [4.69, 9.17) is 23.9 Å². The standard InChI is InChI=1S/C20H38N3O11P/c1-5-8-11-16(17(24)25)23(4)18(21)22-35(28,33-14-9-12-31-19(26)29-6-2)34-15-10-13-32-20(27)30-7-3/h16H,5-15H2,1-4H3,(H,24,25)(H2,21,22,28). The van der Waals surface area contributed by atoms with Gasteiger partial charge in [0.05, 0.1) is 39.6 Å². The van der Waals surface area contributed by atoms with E-state index in [1.165, 1.54) is 7.05 Å². The molecule has 0 amide bonds. The number of carbonyl (C=O) groups is 3. The second-order valence-electron chi connectivity index (χ2n) is 7.00. The van der Waals surface area contributed by atoms with Gasteiger partial charge in [-0.15, -0.1) is 0 Å². The van der Waals surface area contributed by atoms with Crippen molar-refractivity contribution in [2.24, 2.45) is 0 Å². The van der Waals surface area contributed by atoms with E-state index in [1.54, 1.807) is 13.8 Å². The van der Waals surface area contributed by atoms with Crippen molar-refractivity contribution in [1.29, 1.82) is 5.41 Å². The van der Waals surface area contributed by atoms with E-state index in [0.717, 1.165) is 11.3 Å². The number of nitrogens with zero attached hydrogens (tertiary/aromatic N) is 1. The van der Waals surface area contributed by atoms with Gasteiger partial charge in [0.25, 0.3) is 0 Å². The van der Waals surface area contributed by atoms with Gasteiger partial charge >= 0.3 is 26.0 Å². The Labute approximate surface area is 205 Å². The van der Waals surface area contributed by atoms with Gasteiger partial charge in [-0.2, -0.15) is 0 Å². The smallest absolute Gasteiger partial charge is 0.480 e. The van der Waals surface area contributed by atoms with E-state index in [2.05, 4.69) is 14.6 Å². The number of carbonyl (C=O) groups excluding carboxylic acids is 2. The minimum absolute atomic E-state index is 0.0678. The molecule has 0 aliphatic heterocycles. The molecule has 0 fully saturated rings. The van der Waals surface area contributed by atoms with Crippen LogP contribution in [0.4, 0.5) is 9.59 Å². The molecule has 0 bridgehead atoms. The Hall–Kier alpha value is -2.57.